The number of nitrogens with two attached hydrogens (primary N) is 1. The fraction of sp³-hybridized carbons (Fsp3) is 0.120. The van der Waals surface area contributed by atoms with Gasteiger partial charge in [0.05, 0.1) is 0 Å². The SMILES string of the molecule is CC(N)(Cc1cccc(-c2ccccc2)c1)c1cccc2ccccc12. The van der Waals surface area contributed by atoms with E-state index in [4.69, 9.17) is 5.73 Å². The van der Waals surface area contributed by atoms with Crippen LogP contribution in [0.15, 0.2) is 97.1 Å². The Morgan fingerprint density at radius 3 is 2.19 bits per heavy atom. The average molecular weight is 337 g/mol. The maximum atomic E-state index is 6.82. The predicted octanol–water partition coefficient (Wildman–Crippen LogP) is 5.92. The summed E-state index contributed by atoms with van der Waals surface area (Å²) in [7, 11) is 0. The molecule has 1 unspecified atom stereocenters. The van der Waals surface area contributed by atoms with Crippen LogP contribution in [-0.4, -0.2) is 0 Å². The zero-order valence-electron chi connectivity index (χ0n) is 15.0. The molecule has 0 aromatic heterocycles. The van der Waals surface area contributed by atoms with Crippen LogP contribution in [0.2, 0.25) is 0 Å². The Bertz CT molecular complexity index is 1030. The summed E-state index contributed by atoms with van der Waals surface area (Å²) in [6.07, 6.45) is 0.793. The van der Waals surface area contributed by atoms with Crippen LogP contribution >= 0.6 is 0 Å². The van der Waals surface area contributed by atoms with Crippen LogP contribution in [0.25, 0.3) is 21.9 Å². The Hall–Kier alpha value is -2.90. The fourth-order valence-electron chi connectivity index (χ4n) is 3.73. The van der Waals surface area contributed by atoms with Crippen molar-refractivity contribution in [2.45, 2.75) is 18.9 Å². The van der Waals surface area contributed by atoms with Gasteiger partial charge in [-0.3, -0.25) is 0 Å². The van der Waals surface area contributed by atoms with Crippen molar-refractivity contribution >= 4 is 10.8 Å². The number of fused-ring (bicyclic) bond motifs is 1. The van der Waals surface area contributed by atoms with Crippen LogP contribution in [0.5, 0.6) is 0 Å². The number of benzene rings is 4. The van der Waals surface area contributed by atoms with Crippen molar-refractivity contribution in [1.29, 1.82) is 0 Å². The van der Waals surface area contributed by atoms with Crippen molar-refractivity contribution in [3.8, 4) is 11.1 Å². The van der Waals surface area contributed by atoms with Crippen LogP contribution in [0.1, 0.15) is 18.1 Å². The minimum atomic E-state index is -0.434. The van der Waals surface area contributed by atoms with Crippen molar-refractivity contribution in [3.63, 3.8) is 0 Å². The summed E-state index contributed by atoms with van der Waals surface area (Å²) in [6, 6.07) is 34.0. The van der Waals surface area contributed by atoms with Gasteiger partial charge in [0.1, 0.15) is 0 Å². The second-order valence-electron chi connectivity index (χ2n) is 7.19. The van der Waals surface area contributed by atoms with Gasteiger partial charge in [0.2, 0.25) is 0 Å². The molecule has 0 aliphatic rings. The molecule has 1 atom stereocenters. The van der Waals surface area contributed by atoms with Gasteiger partial charge in [0, 0.05) is 5.54 Å². The van der Waals surface area contributed by atoms with Crippen molar-refractivity contribution < 1.29 is 0 Å². The lowest BCUT2D eigenvalue weighted by atomic mass is 9.83. The third-order valence-corrected chi connectivity index (χ3v) is 5.01. The molecule has 0 saturated carbocycles. The highest BCUT2D eigenvalue weighted by molar-refractivity contribution is 5.86. The zero-order valence-corrected chi connectivity index (χ0v) is 15.0. The minimum absolute atomic E-state index is 0.434. The van der Waals surface area contributed by atoms with E-state index < -0.39 is 5.54 Å². The van der Waals surface area contributed by atoms with Crippen LogP contribution in [0.4, 0.5) is 0 Å². The molecule has 0 saturated heterocycles. The van der Waals surface area contributed by atoms with Gasteiger partial charge in [0.15, 0.2) is 0 Å². The molecule has 1 heteroatoms. The Labute approximate surface area is 155 Å². The molecule has 0 spiro atoms. The number of hydrogen-bond acceptors (Lipinski definition) is 1. The molecule has 0 aliphatic carbocycles. The summed E-state index contributed by atoms with van der Waals surface area (Å²) in [5.41, 5.74) is 11.3. The van der Waals surface area contributed by atoms with E-state index in [-0.39, 0.29) is 0 Å². The Balaban J connectivity index is 1.70. The maximum absolute atomic E-state index is 6.82. The first kappa shape index (κ1) is 16.6. The summed E-state index contributed by atoms with van der Waals surface area (Å²) in [5, 5.41) is 2.47. The van der Waals surface area contributed by atoms with E-state index in [9.17, 15) is 0 Å². The normalized spacial score (nSPS) is 13.5. The fourth-order valence-corrected chi connectivity index (χ4v) is 3.73. The molecule has 2 N–H and O–H groups in total. The smallest absolute Gasteiger partial charge is 0.0428 e. The van der Waals surface area contributed by atoms with E-state index in [1.807, 2.05) is 6.07 Å². The van der Waals surface area contributed by atoms with E-state index >= 15 is 0 Å². The van der Waals surface area contributed by atoms with Crippen molar-refractivity contribution in [2.24, 2.45) is 5.73 Å². The lowest BCUT2D eigenvalue weighted by Gasteiger charge is -2.27. The monoisotopic (exact) mass is 337 g/mol. The molecule has 0 aliphatic heterocycles. The molecule has 0 heterocycles. The topological polar surface area (TPSA) is 26.0 Å². The van der Waals surface area contributed by atoms with Gasteiger partial charge >= 0.3 is 0 Å². The largest absolute Gasteiger partial charge is 0.321 e. The second-order valence-corrected chi connectivity index (χ2v) is 7.19. The van der Waals surface area contributed by atoms with Crippen molar-refractivity contribution in [3.05, 3.63) is 108 Å². The molecule has 4 aromatic rings. The highest BCUT2D eigenvalue weighted by Gasteiger charge is 2.23. The molecule has 4 aromatic carbocycles. The van der Waals surface area contributed by atoms with Crippen LogP contribution in [-0.2, 0) is 12.0 Å². The number of rotatable bonds is 4. The van der Waals surface area contributed by atoms with Gasteiger partial charge in [-0.1, -0.05) is 97.1 Å². The molecular weight excluding hydrogens is 314 g/mol. The van der Waals surface area contributed by atoms with E-state index in [0.717, 1.165) is 6.42 Å². The Kier molecular flexibility index (Phi) is 4.32. The van der Waals surface area contributed by atoms with Gasteiger partial charge < -0.3 is 5.73 Å². The standard InChI is InChI=1S/C25H23N/c1-25(26,24-16-8-13-21-12-5-6-15-23(21)24)18-19-9-7-14-22(17-19)20-10-3-2-4-11-20/h2-17H,18,26H2,1H3. The van der Waals surface area contributed by atoms with Crippen molar-refractivity contribution in [2.75, 3.05) is 0 Å². The molecule has 0 fully saturated rings. The second kappa shape index (κ2) is 6.78. The van der Waals surface area contributed by atoms with E-state index in [0.29, 0.717) is 0 Å². The predicted molar refractivity (Wildman–Crippen MR) is 111 cm³/mol. The van der Waals surface area contributed by atoms with E-state index in [2.05, 4.69) is 97.9 Å². The van der Waals surface area contributed by atoms with Gasteiger partial charge in [0.25, 0.3) is 0 Å². The quantitative estimate of drug-likeness (QED) is 0.491. The average Bonchev–Trinajstić information content (AvgIpc) is 2.68. The van der Waals surface area contributed by atoms with Gasteiger partial charge in [-0.25, -0.2) is 0 Å². The van der Waals surface area contributed by atoms with E-state index in [1.54, 1.807) is 0 Å². The number of hydrogen-bond donors (Lipinski definition) is 1. The maximum Gasteiger partial charge on any atom is 0.0428 e. The summed E-state index contributed by atoms with van der Waals surface area (Å²) in [6.45, 7) is 2.13. The lowest BCUT2D eigenvalue weighted by molar-refractivity contribution is 0.496. The van der Waals surface area contributed by atoms with Gasteiger partial charge in [-0.05, 0) is 46.4 Å². The highest BCUT2D eigenvalue weighted by atomic mass is 14.7. The van der Waals surface area contributed by atoms with Crippen LogP contribution < -0.4 is 5.73 Å². The first-order valence-electron chi connectivity index (χ1n) is 9.05. The summed E-state index contributed by atoms with van der Waals surface area (Å²) >= 11 is 0. The molecule has 128 valence electrons. The Morgan fingerprint density at radius 2 is 1.35 bits per heavy atom. The molecule has 1 nitrogen and oxygen atoms in total. The van der Waals surface area contributed by atoms with Crippen molar-refractivity contribution in [1.82, 2.24) is 0 Å². The van der Waals surface area contributed by atoms with Crippen LogP contribution in [0.3, 0.4) is 0 Å². The first-order chi connectivity index (χ1) is 12.6. The third kappa shape index (κ3) is 3.26. The third-order valence-electron chi connectivity index (χ3n) is 5.01. The molecule has 26 heavy (non-hydrogen) atoms. The Morgan fingerprint density at radius 1 is 0.692 bits per heavy atom. The first-order valence-corrected chi connectivity index (χ1v) is 9.05. The lowest BCUT2D eigenvalue weighted by Crippen LogP contribution is -2.35. The van der Waals surface area contributed by atoms with Gasteiger partial charge in [-0.2, -0.15) is 0 Å². The van der Waals surface area contributed by atoms with E-state index in [1.165, 1.54) is 33.0 Å². The minimum Gasteiger partial charge on any atom is -0.321 e. The van der Waals surface area contributed by atoms with Crippen LogP contribution in [0, 0.1) is 0 Å². The summed E-state index contributed by atoms with van der Waals surface area (Å²) < 4.78 is 0. The molecule has 4 rings (SSSR count). The summed E-state index contributed by atoms with van der Waals surface area (Å²) in [5.74, 6) is 0. The van der Waals surface area contributed by atoms with Gasteiger partial charge in [-0.15, -0.1) is 0 Å². The summed E-state index contributed by atoms with van der Waals surface area (Å²) in [4.78, 5) is 0. The highest BCUT2D eigenvalue weighted by Crippen LogP contribution is 2.30. The molecule has 0 amide bonds. The zero-order chi connectivity index (χ0) is 18.0. The molecule has 0 bridgehead atoms. The molecule has 0 radical (unpaired) electrons. The molecular formula is C25H23N.